The van der Waals surface area contributed by atoms with Crippen LogP contribution in [0.1, 0.15) is 5.56 Å². The zero-order valence-corrected chi connectivity index (χ0v) is 11.9. The number of fused-ring (bicyclic) bond motifs is 4. The normalized spacial score (nSPS) is 12.5. The summed E-state index contributed by atoms with van der Waals surface area (Å²) in [7, 11) is 1.73. The molecule has 2 aromatic heterocycles. The summed E-state index contributed by atoms with van der Waals surface area (Å²) in [6.07, 6.45) is -4.47. The van der Waals surface area contributed by atoms with E-state index in [0.29, 0.717) is 11.3 Å². The van der Waals surface area contributed by atoms with Crippen LogP contribution < -0.4 is 5.56 Å². The minimum Gasteiger partial charge on any atom is -0.313 e. The monoisotopic (exact) mass is 317 g/mol. The van der Waals surface area contributed by atoms with Crippen LogP contribution in [0.5, 0.6) is 0 Å². The summed E-state index contributed by atoms with van der Waals surface area (Å²) in [4.78, 5) is 17.0. The highest BCUT2D eigenvalue weighted by Gasteiger charge is 2.31. The van der Waals surface area contributed by atoms with Crippen molar-refractivity contribution in [2.75, 3.05) is 0 Å². The molecule has 116 valence electrons. The summed E-state index contributed by atoms with van der Waals surface area (Å²) < 4.78 is 41.7. The van der Waals surface area contributed by atoms with E-state index in [0.717, 1.165) is 17.6 Å². The number of hydrogen-bond donors (Lipinski definition) is 0. The SMILES string of the molecule is Cn1c2ccccc2n2c(=O)c3ccc(C(F)(F)F)cc3nc12. The Labute approximate surface area is 127 Å². The van der Waals surface area contributed by atoms with Crippen molar-refractivity contribution in [1.82, 2.24) is 14.0 Å². The summed E-state index contributed by atoms with van der Waals surface area (Å²) >= 11 is 0. The van der Waals surface area contributed by atoms with Gasteiger partial charge in [-0.1, -0.05) is 12.1 Å². The van der Waals surface area contributed by atoms with Crippen LogP contribution in [0.3, 0.4) is 0 Å². The first kappa shape index (κ1) is 13.8. The number of hydrogen-bond acceptors (Lipinski definition) is 2. The van der Waals surface area contributed by atoms with Gasteiger partial charge in [0.05, 0.1) is 27.5 Å². The Morgan fingerprint density at radius 1 is 1.04 bits per heavy atom. The predicted molar refractivity (Wildman–Crippen MR) is 80.4 cm³/mol. The van der Waals surface area contributed by atoms with Gasteiger partial charge < -0.3 is 4.57 Å². The lowest BCUT2D eigenvalue weighted by molar-refractivity contribution is -0.137. The third-order valence-corrected chi connectivity index (χ3v) is 3.96. The number of halogens is 3. The van der Waals surface area contributed by atoms with Gasteiger partial charge in [-0.2, -0.15) is 13.2 Å². The second-order valence-corrected chi connectivity index (χ2v) is 5.33. The Morgan fingerprint density at radius 2 is 1.74 bits per heavy atom. The van der Waals surface area contributed by atoms with E-state index >= 15 is 0 Å². The number of benzene rings is 2. The Morgan fingerprint density at radius 3 is 2.43 bits per heavy atom. The first-order chi connectivity index (χ1) is 10.9. The van der Waals surface area contributed by atoms with Gasteiger partial charge in [0.25, 0.3) is 5.56 Å². The molecule has 0 radical (unpaired) electrons. The Kier molecular flexibility index (Phi) is 2.61. The maximum atomic E-state index is 12.9. The molecule has 0 saturated heterocycles. The number of para-hydroxylation sites is 2. The fourth-order valence-corrected chi connectivity index (χ4v) is 2.84. The molecular formula is C16H10F3N3O. The number of aryl methyl sites for hydroxylation is 1. The minimum atomic E-state index is -4.47. The molecule has 0 aliphatic heterocycles. The highest BCUT2D eigenvalue weighted by molar-refractivity contribution is 5.86. The molecule has 0 spiro atoms. The molecule has 0 fully saturated rings. The van der Waals surface area contributed by atoms with Gasteiger partial charge >= 0.3 is 6.18 Å². The highest BCUT2D eigenvalue weighted by atomic mass is 19.4. The van der Waals surface area contributed by atoms with Crippen molar-refractivity contribution in [3.63, 3.8) is 0 Å². The van der Waals surface area contributed by atoms with Crippen molar-refractivity contribution in [3.05, 3.63) is 58.4 Å². The van der Waals surface area contributed by atoms with Gasteiger partial charge in [-0.05, 0) is 30.3 Å². The largest absolute Gasteiger partial charge is 0.416 e. The van der Waals surface area contributed by atoms with Gasteiger partial charge in [0.2, 0.25) is 5.78 Å². The van der Waals surface area contributed by atoms with Crippen LogP contribution in [-0.2, 0) is 13.2 Å². The van der Waals surface area contributed by atoms with Crippen LogP contribution in [-0.4, -0.2) is 14.0 Å². The van der Waals surface area contributed by atoms with Crippen LogP contribution in [0.25, 0.3) is 27.7 Å². The predicted octanol–water partition coefficient (Wildman–Crippen LogP) is 3.36. The summed E-state index contributed by atoms with van der Waals surface area (Å²) in [6, 6.07) is 10.2. The fourth-order valence-electron chi connectivity index (χ4n) is 2.84. The van der Waals surface area contributed by atoms with Crippen molar-refractivity contribution >= 4 is 27.7 Å². The molecular weight excluding hydrogens is 307 g/mol. The van der Waals surface area contributed by atoms with E-state index in [9.17, 15) is 18.0 Å². The second-order valence-electron chi connectivity index (χ2n) is 5.33. The lowest BCUT2D eigenvalue weighted by Gasteiger charge is -2.07. The van der Waals surface area contributed by atoms with Crippen LogP contribution in [0, 0.1) is 0 Å². The van der Waals surface area contributed by atoms with Gasteiger partial charge in [0, 0.05) is 7.05 Å². The van der Waals surface area contributed by atoms with E-state index in [1.54, 1.807) is 23.7 Å². The minimum absolute atomic E-state index is 0.0377. The van der Waals surface area contributed by atoms with Crippen LogP contribution in [0.4, 0.5) is 13.2 Å². The number of rotatable bonds is 0. The van der Waals surface area contributed by atoms with Crippen molar-refractivity contribution in [2.45, 2.75) is 6.18 Å². The molecule has 0 aliphatic rings. The van der Waals surface area contributed by atoms with Crippen molar-refractivity contribution < 1.29 is 13.2 Å². The first-order valence-electron chi connectivity index (χ1n) is 6.85. The van der Waals surface area contributed by atoms with Crippen molar-refractivity contribution in [3.8, 4) is 0 Å². The third-order valence-electron chi connectivity index (χ3n) is 3.96. The van der Waals surface area contributed by atoms with Crippen molar-refractivity contribution in [1.29, 1.82) is 0 Å². The smallest absolute Gasteiger partial charge is 0.313 e. The molecule has 0 saturated carbocycles. The van der Waals surface area contributed by atoms with Crippen LogP contribution >= 0.6 is 0 Å². The zero-order chi connectivity index (χ0) is 16.4. The number of aromatic nitrogens is 3. The van der Waals surface area contributed by atoms with E-state index in [2.05, 4.69) is 4.98 Å². The van der Waals surface area contributed by atoms with Crippen molar-refractivity contribution in [2.24, 2.45) is 7.05 Å². The second kappa shape index (κ2) is 4.34. The quantitative estimate of drug-likeness (QED) is 0.499. The standard InChI is InChI=1S/C16H10F3N3O/c1-21-12-4-2-3-5-13(12)22-14(23)10-7-6-9(16(17,18)19)8-11(10)20-15(21)22/h2-8H,1H3. The molecule has 23 heavy (non-hydrogen) atoms. The van der Waals surface area contributed by atoms with Crippen LogP contribution in [0.2, 0.25) is 0 Å². The van der Waals surface area contributed by atoms with Gasteiger partial charge in [0.15, 0.2) is 0 Å². The molecule has 0 N–H and O–H groups in total. The van der Waals surface area contributed by atoms with Gasteiger partial charge in [0.1, 0.15) is 0 Å². The van der Waals surface area contributed by atoms with Crippen LogP contribution in [0.15, 0.2) is 47.3 Å². The van der Waals surface area contributed by atoms with E-state index in [4.69, 9.17) is 0 Å². The third kappa shape index (κ3) is 1.86. The lowest BCUT2D eigenvalue weighted by Crippen LogP contribution is -2.15. The number of imidazole rings is 1. The summed E-state index contributed by atoms with van der Waals surface area (Å²) in [5.41, 5.74) is 0.291. The van der Waals surface area contributed by atoms with E-state index in [-0.39, 0.29) is 16.5 Å². The number of nitrogens with zero attached hydrogens (tertiary/aromatic N) is 3. The number of alkyl halides is 3. The van der Waals surface area contributed by atoms with E-state index < -0.39 is 11.7 Å². The molecule has 4 nitrogen and oxygen atoms in total. The van der Waals surface area contributed by atoms with E-state index in [1.165, 1.54) is 10.5 Å². The molecule has 2 aromatic carbocycles. The first-order valence-corrected chi connectivity index (χ1v) is 6.85. The molecule has 0 unspecified atom stereocenters. The van der Waals surface area contributed by atoms with E-state index in [1.807, 2.05) is 12.1 Å². The maximum absolute atomic E-state index is 12.9. The Bertz CT molecular complexity index is 1140. The highest BCUT2D eigenvalue weighted by Crippen LogP contribution is 2.30. The molecule has 7 heteroatoms. The lowest BCUT2D eigenvalue weighted by atomic mass is 10.1. The molecule has 4 rings (SSSR count). The van der Waals surface area contributed by atoms with Gasteiger partial charge in [-0.25, -0.2) is 9.38 Å². The molecule has 0 bridgehead atoms. The fraction of sp³-hybridized carbons (Fsp3) is 0.125. The molecule has 4 aromatic rings. The Hall–Kier alpha value is -2.83. The van der Waals surface area contributed by atoms with Gasteiger partial charge in [-0.3, -0.25) is 4.79 Å². The molecule has 0 amide bonds. The molecule has 2 heterocycles. The average molecular weight is 317 g/mol. The summed E-state index contributed by atoms with van der Waals surface area (Å²) in [5.74, 6) is 0.308. The molecule has 0 atom stereocenters. The zero-order valence-electron chi connectivity index (χ0n) is 11.9. The molecule has 0 aliphatic carbocycles. The maximum Gasteiger partial charge on any atom is 0.416 e. The summed E-state index contributed by atoms with van der Waals surface area (Å²) in [5, 5.41) is 0.159. The Balaban J connectivity index is 2.21. The average Bonchev–Trinajstić information content (AvgIpc) is 2.80. The van der Waals surface area contributed by atoms with Gasteiger partial charge in [-0.15, -0.1) is 0 Å². The topological polar surface area (TPSA) is 39.3 Å². The summed E-state index contributed by atoms with van der Waals surface area (Å²) in [6.45, 7) is 0.